The normalized spacial score (nSPS) is 12.4. The molecular weight excluding hydrogens is 380 g/mol. The van der Waals surface area contributed by atoms with Crippen molar-refractivity contribution in [3.8, 4) is 11.5 Å². The van der Waals surface area contributed by atoms with Gasteiger partial charge < -0.3 is 20.1 Å². The first-order valence-electron chi connectivity index (χ1n) is 9.33. The van der Waals surface area contributed by atoms with Gasteiger partial charge in [-0.2, -0.15) is 0 Å². The number of ether oxygens (including phenoxy) is 2. The van der Waals surface area contributed by atoms with E-state index in [2.05, 4.69) is 10.6 Å². The van der Waals surface area contributed by atoms with E-state index in [4.69, 9.17) is 21.1 Å². The van der Waals surface area contributed by atoms with Gasteiger partial charge in [0.05, 0.1) is 11.3 Å². The van der Waals surface area contributed by atoms with E-state index in [9.17, 15) is 9.59 Å². The van der Waals surface area contributed by atoms with Gasteiger partial charge in [0.2, 0.25) is 5.91 Å². The van der Waals surface area contributed by atoms with Crippen molar-refractivity contribution in [2.24, 2.45) is 0 Å². The molecule has 2 amide bonds. The third-order valence-corrected chi connectivity index (χ3v) is 4.52. The van der Waals surface area contributed by atoms with Gasteiger partial charge in [-0.1, -0.05) is 24.6 Å². The lowest BCUT2D eigenvalue weighted by Gasteiger charge is -2.18. The quantitative estimate of drug-likeness (QED) is 0.738. The van der Waals surface area contributed by atoms with Crippen LogP contribution in [0.2, 0.25) is 5.02 Å². The molecule has 0 unspecified atom stereocenters. The molecule has 0 saturated heterocycles. The summed E-state index contributed by atoms with van der Waals surface area (Å²) in [5.41, 5.74) is 1.78. The number of carbonyl (C=O) groups excluding carboxylic acids is 2. The summed E-state index contributed by atoms with van der Waals surface area (Å²) in [5, 5.41) is 6.06. The van der Waals surface area contributed by atoms with Crippen LogP contribution in [0.5, 0.6) is 11.5 Å². The molecule has 1 heterocycles. The Labute approximate surface area is 169 Å². The van der Waals surface area contributed by atoms with Crippen LogP contribution in [-0.2, 0) is 11.2 Å². The molecule has 7 heteroatoms. The molecule has 2 N–H and O–H groups in total. The minimum atomic E-state index is -0.236. The van der Waals surface area contributed by atoms with E-state index in [1.54, 1.807) is 18.2 Å². The number of nitrogens with one attached hydrogen (secondary N) is 2. The van der Waals surface area contributed by atoms with Crippen molar-refractivity contribution < 1.29 is 19.1 Å². The highest BCUT2D eigenvalue weighted by molar-refractivity contribution is 6.31. The topological polar surface area (TPSA) is 76.7 Å². The van der Waals surface area contributed by atoms with Gasteiger partial charge in [-0.25, -0.2) is 0 Å². The summed E-state index contributed by atoms with van der Waals surface area (Å²) in [7, 11) is 0. The molecule has 1 aliphatic heterocycles. The fourth-order valence-electron chi connectivity index (χ4n) is 2.87. The van der Waals surface area contributed by atoms with Gasteiger partial charge in [0.15, 0.2) is 11.5 Å². The molecule has 1 aliphatic rings. The van der Waals surface area contributed by atoms with Crippen molar-refractivity contribution in [1.29, 1.82) is 0 Å². The largest absolute Gasteiger partial charge is 0.486 e. The van der Waals surface area contributed by atoms with E-state index in [1.807, 2.05) is 25.1 Å². The Morgan fingerprint density at radius 1 is 1.07 bits per heavy atom. The molecule has 0 saturated carbocycles. The molecule has 28 heavy (non-hydrogen) atoms. The van der Waals surface area contributed by atoms with E-state index in [0.717, 1.165) is 17.7 Å². The van der Waals surface area contributed by atoms with Gasteiger partial charge in [-0.3, -0.25) is 9.59 Å². The molecule has 2 aromatic carbocycles. The number of halogens is 1. The van der Waals surface area contributed by atoms with E-state index in [0.29, 0.717) is 48.2 Å². The predicted molar refractivity (Wildman–Crippen MR) is 108 cm³/mol. The van der Waals surface area contributed by atoms with Crippen molar-refractivity contribution in [3.63, 3.8) is 0 Å². The molecule has 2 aromatic rings. The SMILES string of the molecule is CCCNC(=O)c1ccc(Cl)cc1NC(=O)CCc1ccc2c(c1)OCCO2. The Morgan fingerprint density at radius 2 is 1.86 bits per heavy atom. The van der Waals surface area contributed by atoms with Crippen molar-refractivity contribution in [3.05, 3.63) is 52.5 Å². The van der Waals surface area contributed by atoms with Crippen molar-refractivity contribution in [2.75, 3.05) is 25.1 Å². The number of anilines is 1. The monoisotopic (exact) mass is 402 g/mol. The summed E-state index contributed by atoms with van der Waals surface area (Å²) in [6, 6.07) is 10.5. The maximum Gasteiger partial charge on any atom is 0.253 e. The third-order valence-electron chi connectivity index (χ3n) is 4.28. The lowest BCUT2D eigenvalue weighted by atomic mass is 10.1. The van der Waals surface area contributed by atoms with E-state index >= 15 is 0 Å². The summed E-state index contributed by atoms with van der Waals surface area (Å²) in [5.74, 6) is 0.998. The Kier molecular flexibility index (Phi) is 6.76. The smallest absolute Gasteiger partial charge is 0.253 e. The Hall–Kier alpha value is -2.73. The molecule has 0 radical (unpaired) electrons. The summed E-state index contributed by atoms with van der Waals surface area (Å²) in [6.45, 7) is 3.61. The second-order valence-electron chi connectivity index (χ2n) is 6.47. The molecule has 0 aliphatic carbocycles. The number of hydrogen-bond donors (Lipinski definition) is 2. The highest BCUT2D eigenvalue weighted by Crippen LogP contribution is 2.31. The van der Waals surface area contributed by atoms with Gasteiger partial charge >= 0.3 is 0 Å². The molecular formula is C21H23ClN2O4. The van der Waals surface area contributed by atoms with Crippen LogP contribution in [-0.4, -0.2) is 31.6 Å². The lowest BCUT2D eigenvalue weighted by molar-refractivity contribution is -0.116. The van der Waals surface area contributed by atoms with Gasteiger partial charge in [0.1, 0.15) is 13.2 Å². The van der Waals surface area contributed by atoms with E-state index in [-0.39, 0.29) is 18.2 Å². The van der Waals surface area contributed by atoms with Crippen LogP contribution < -0.4 is 20.1 Å². The molecule has 6 nitrogen and oxygen atoms in total. The van der Waals surface area contributed by atoms with Crippen molar-refractivity contribution in [2.45, 2.75) is 26.2 Å². The Balaban J connectivity index is 1.63. The van der Waals surface area contributed by atoms with Crippen LogP contribution in [0.1, 0.15) is 35.7 Å². The first-order valence-corrected chi connectivity index (χ1v) is 9.70. The highest BCUT2D eigenvalue weighted by atomic mass is 35.5. The maximum atomic E-state index is 12.4. The van der Waals surface area contributed by atoms with Crippen LogP contribution in [0.15, 0.2) is 36.4 Å². The van der Waals surface area contributed by atoms with Gasteiger partial charge in [0, 0.05) is 18.0 Å². The summed E-state index contributed by atoms with van der Waals surface area (Å²) in [6.07, 6.45) is 1.64. The van der Waals surface area contributed by atoms with Crippen LogP contribution in [0.3, 0.4) is 0 Å². The number of amides is 2. The molecule has 0 aromatic heterocycles. The summed E-state index contributed by atoms with van der Waals surface area (Å²) in [4.78, 5) is 24.7. The second kappa shape index (κ2) is 9.46. The van der Waals surface area contributed by atoms with Crippen molar-refractivity contribution in [1.82, 2.24) is 5.32 Å². The summed E-state index contributed by atoms with van der Waals surface area (Å²) < 4.78 is 11.1. The van der Waals surface area contributed by atoms with Crippen LogP contribution in [0, 0.1) is 0 Å². The Bertz CT molecular complexity index is 869. The van der Waals surface area contributed by atoms with Gasteiger partial charge in [0.25, 0.3) is 5.91 Å². The average molecular weight is 403 g/mol. The number of fused-ring (bicyclic) bond motifs is 1. The number of benzene rings is 2. The number of rotatable bonds is 7. The van der Waals surface area contributed by atoms with E-state index < -0.39 is 0 Å². The van der Waals surface area contributed by atoms with Gasteiger partial charge in [-0.05, 0) is 48.7 Å². The highest BCUT2D eigenvalue weighted by Gasteiger charge is 2.15. The second-order valence-corrected chi connectivity index (χ2v) is 6.91. The minimum Gasteiger partial charge on any atom is -0.486 e. The Morgan fingerprint density at radius 3 is 2.64 bits per heavy atom. The van der Waals surface area contributed by atoms with Crippen LogP contribution in [0.25, 0.3) is 0 Å². The minimum absolute atomic E-state index is 0.193. The first-order chi connectivity index (χ1) is 13.6. The number of hydrogen-bond acceptors (Lipinski definition) is 4. The third kappa shape index (κ3) is 5.16. The average Bonchev–Trinajstić information content (AvgIpc) is 2.70. The fraction of sp³-hybridized carbons (Fsp3) is 0.333. The molecule has 148 valence electrons. The van der Waals surface area contributed by atoms with E-state index in [1.165, 1.54) is 0 Å². The first kappa shape index (κ1) is 20.0. The molecule has 0 spiro atoms. The number of carbonyl (C=O) groups is 2. The maximum absolute atomic E-state index is 12.4. The zero-order chi connectivity index (χ0) is 19.9. The predicted octanol–water partition coefficient (Wildman–Crippen LogP) is 3.82. The fourth-order valence-corrected chi connectivity index (χ4v) is 3.04. The van der Waals surface area contributed by atoms with Gasteiger partial charge in [-0.15, -0.1) is 0 Å². The molecule has 3 rings (SSSR count). The van der Waals surface area contributed by atoms with Crippen LogP contribution in [0.4, 0.5) is 5.69 Å². The van der Waals surface area contributed by atoms with Crippen LogP contribution >= 0.6 is 11.6 Å². The summed E-state index contributed by atoms with van der Waals surface area (Å²) >= 11 is 6.04. The van der Waals surface area contributed by atoms with Crippen molar-refractivity contribution >= 4 is 29.1 Å². The molecule has 0 bridgehead atoms. The zero-order valence-corrected chi connectivity index (χ0v) is 16.5. The zero-order valence-electron chi connectivity index (χ0n) is 15.7. The number of aryl methyl sites for hydroxylation is 1. The molecule has 0 atom stereocenters. The molecule has 0 fully saturated rings. The lowest BCUT2D eigenvalue weighted by Crippen LogP contribution is -2.26. The standard InChI is InChI=1S/C21H23ClN2O4/c1-2-9-23-21(26)16-6-5-15(22)13-17(16)24-20(25)8-4-14-3-7-18-19(12-14)28-11-10-27-18/h3,5-7,12-13H,2,4,8-11H2,1H3,(H,23,26)(H,24,25).